The third-order valence-corrected chi connectivity index (χ3v) is 5.00. The highest BCUT2D eigenvalue weighted by Crippen LogP contribution is 2.33. The Bertz CT molecular complexity index is 1090. The molecule has 0 spiro atoms. The minimum absolute atomic E-state index is 0.0727. The lowest BCUT2D eigenvalue weighted by Crippen LogP contribution is -2.43. The summed E-state index contributed by atoms with van der Waals surface area (Å²) in [5.74, 6) is 0.0727. The number of rotatable bonds is 3. The van der Waals surface area contributed by atoms with Crippen LogP contribution >= 0.6 is 0 Å². The number of hydrogen-bond acceptors (Lipinski definition) is 4. The van der Waals surface area contributed by atoms with Gasteiger partial charge in [-0.05, 0) is 51.5 Å². The van der Waals surface area contributed by atoms with Crippen LogP contribution in [0, 0.1) is 6.92 Å². The monoisotopic (exact) mass is 391 g/mol. The van der Waals surface area contributed by atoms with Crippen LogP contribution in [0.5, 0.6) is 5.75 Å². The van der Waals surface area contributed by atoms with Crippen LogP contribution < -0.4 is 0 Å². The number of phenols is 1. The quantitative estimate of drug-likeness (QED) is 0.733. The summed E-state index contributed by atoms with van der Waals surface area (Å²) in [7, 11) is 0. The number of carbonyl (C=O) groups excluding carboxylic acids is 1. The molecule has 0 saturated carbocycles. The lowest BCUT2D eigenvalue weighted by molar-refractivity contribution is 0.163. The zero-order valence-corrected chi connectivity index (χ0v) is 17.2. The third kappa shape index (κ3) is 3.33. The molecule has 0 atom stereocenters. The smallest absolute Gasteiger partial charge is 0.325 e. The number of aromatic hydroxyl groups is 1. The summed E-state index contributed by atoms with van der Waals surface area (Å²) in [6, 6.07) is 11.2. The van der Waals surface area contributed by atoms with Crippen molar-refractivity contribution >= 4 is 17.1 Å². The summed E-state index contributed by atoms with van der Waals surface area (Å²) in [6.45, 7) is 12.7. The molecule has 1 aliphatic rings. The van der Waals surface area contributed by atoms with Gasteiger partial charge < -0.3 is 10.0 Å². The predicted molar refractivity (Wildman–Crippen MR) is 112 cm³/mol. The van der Waals surface area contributed by atoms with Crippen molar-refractivity contribution in [3.8, 4) is 11.4 Å². The van der Waals surface area contributed by atoms with E-state index in [1.165, 1.54) is 4.80 Å². The van der Waals surface area contributed by atoms with Crippen molar-refractivity contribution in [2.75, 3.05) is 6.54 Å². The van der Waals surface area contributed by atoms with Crippen molar-refractivity contribution in [3.63, 3.8) is 0 Å². The van der Waals surface area contributed by atoms with E-state index in [9.17, 15) is 9.90 Å². The zero-order chi connectivity index (χ0) is 20.9. The van der Waals surface area contributed by atoms with Gasteiger partial charge in [0.15, 0.2) is 0 Å². The lowest BCUT2D eigenvalue weighted by atomic mass is 10.1. The van der Waals surface area contributed by atoms with Gasteiger partial charge in [0.2, 0.25) is 0 Å². The maximum atomic E-state index is 12.9. The van der Waals surface area contributed by atoms with E-state index in [0.29, 0.717) is 17.8 Å². The molecule has 0 bridgehead atoms. The molecular formula is C22H25N5O2. The molecular weight excluding hydrogens is 366 g/mol. The second-order valence-electron chi connectivity index (χ2n) is 8.48. The Balaban J connectivity index is 1.69. The minimum Gasteiger partial charge on any atom is -0.505 e. The molecule has 150 valence electrons. The molecule has 1 aromatic heterocycles. The van der Waals surface area contributed by atoms with E-state index < -0.39 is 0 Å². The van der Waals surface area contributed by atoms with Crippen LogP contribution in [-0.2, 0) is 6.54 Å². The van der Waals surface area contributed by atoms with Crippen LogP contribution in [0.15, 0.2) is 48.7 Å². The van der Waals surface area contributed by atoms with E-state index >= 15 is 0 Å². The maximum absolute atomic E-state index is 12.9. The summed E-state index contributed by atoms with van der Waals surface area (Å²) >= 11 is 0. The summed E-state index contributed by atoms with van der Waals surface area (Å²) in [5, 5.41) is 19.9. The van der Waals surface area contributed by atoms with E-state index in [0.717, 1.165) is 22.3 Å². The Kier molecular flexibility index (Phi) is 4.33. The van der Waals surface area contributed by atoms with Gasteiger partial charge in [-0.15, -0.1) is 15.0 Å². The third-order valence-electron chi connectivity index (χ3n) is 5.00. The fourth-order valence-corrected chi connectivity index (χ4v) is 3.80. The molecule has 2 aromatic carbocycles. The average Bonchev–Trinajstić information content (AvgIpc) is 3.18. The number of aryl methyl sites for hydroxylation is 1. The standard InChI is InChI=1S/C22H25N5O2/c1-14-10-16(13-25-12-15(2)26(21(25)29)22(3,4)5)20(28)19(11-14)27-23-17-8-6-7-9-18(17)24-27/h6-11,28H,2,12-13H2,1,3-5H3. The molecule has 0 unspecified atom stereocenters. The summed E-state index contributed by atoms with van der Waals surface area (Å²) in [6.07, 6.45) is 0. The Morgan fingerprint density at radius 2 is 1.76 bits per heavy atom. The number of nitrogens with zero attached hydrogens (tertiary/aromatic N) is 5. The molecule has 7 nitrogen and oxygen atoms in total. The summed E-state index contributed by atoms with van der Waals surface area (Å²) in [5.41, 5.74) is 4.01. The van der Waals surface area contributed by atoms with E-state index in [1.807, 2.05) is 64.1 Å². The summed E-state index contributed by atoms with van der Waals surface area (Å²) in [4.78, 5) is 17.8. The molecule has 0 radical (unpaired) electrons. The van der Waals surface area contributed by atoms with Crippen LogP contribution in [0.1, 0.15) is 31.9 Å². The van der Waals surface area contributed by atoms with Crippen LogP contribution in [-0.4, -0.2) is 48.0 Å². The van der Waals surface area contributed by atoms with E-state index in [-0.39, 0.29) is 23.9 Å². The maximum Gasteiger partial charge on any atom is 0.325 e. The van der Waals surface area contributed by atoms with Crippen molar-refractivity contribution in [1.29, 1.82) is 0 Å². The molecule has 1 aliphatic heterocycles. The van der Waals surface area contributed by atoms with Crippen molar-refractivity contribution < 1.29 is 9.90 Å². The van der Waals surface area contributed by atoms with Crippen molar-refractivity contribution in [1.82, 2.24) is 24.8 Å². The van der Waals surface area contributed by atoms with E-state index in [2.05, 4.69) is 16.8 Å². The largest absolute Gasteiger partial charge is 0.505 e. The van der Waals surface area contributed by atoms with E-state index in [1.54, 1.807) is 9.80 Å². The molecule has 1 saturated heterocycles. The Hall–Kier alpha value is -3.35. The fraction of sp³-hybridized carbons (Fsp3) is 0.318. The van der Waals surface area contributed by atoms with Gasteiger partial charge in [0.05, 0.1) is 13.1 Å². The van der Waals surface area contributed by atoms with Crippen molar-refractivity contribution in [3.05, 3.63) is 59.8 Å². The van der Waals surface area contributed by atoms with Crippen LogP contribution in [0.4, 0.5) is 4.79 Å². The van der Waals surface area contributed by atoms with E-state index in [4.69, 9.17) is 0 Å². The number of urea groups is 1. The normalized spacial score (nSPS) is 15.0. The lowest BCUT2D eigenvalue weighted by Gasteiger charge is -2.32. The molecule has 4 rings (SSSR count). The van der Waals surface area contributed by atoms with Gasteiger partial charge >= 0.3 is 6.03 Å². The molecule has 2 amide bonds. The first-order valence-electron chi connectivity index (χ1n) is 9.57. The molecule has 1 N–H and O–H groups in total. The topological polar surface area (TPSA) is 74.5 Å². The Labute approximate surface area is 169 Å². The summed E-state index contributed by atoms with van der Waals surface area (Å²) < 4.78 is 0. The number of hydrogen-bond donors (Lipinski definition) is 1. The van der Waals surface area contributed by atoms with Crippen LogP contribution in [0.2, 0.25) is 0 Å². The van der Waals surface area contributed by atoms with Crippen LogP contribution in [0.25, 0.3) is 16.7 Å². The number of benzene rings is 2. The second kappa shape index (κ2) is 6.62. The number of fused-ring (bicyclic) bond motifs is 1. The molecule has 29 heavy (non-hydrogen) atoms. The first kappa shape index (κ1) is 19.0. The van der Waals surface area contributed by atoms with Crippen molar-refractivity contribution in [2.24, 2.45) is 0 Å². The van der Waals surface area contributed by atoms with Gasteiger partial charge in [-0.2, -0.15) is 0 Å². The zero-order valence-electron chi connectivity index (χ0n) is 17.2. The van der Waals surface area contributed by atoms with Crippen LogP contribution in [0.3, 0.4) is 0 Å². The van der Waals surface area contributed by atoms with Gasteiger partial charge in [0.1, 0.15) is 22.5 Å². The van der Waals surface area contributed by atoms with Gasteiger partial charge in [-0.1, -0.05) is 24.8 Å². The van der Waals surface area contributed by atoms with Gasteiger partial charge in [0.25, 0.3) is 0 Å². The Morgan fingerprint density at radius 3 is 2.31 bits per heavy atom. The highest BCUT2D eigenvalue weighted by atomic mass is 16.3. The molecule has 0 aliphatic carbocycles. The first-order chi connectivity index (χ1) is 13.6. The second-order valence-corrected chi connectivity index (χ2v) is 8.48. The first-order valence-corrected chi connectivity index (χ1v) is 9.57. The molecule has 1 fully saturated rings. The number of carbonyl (C=O) groups is 1. The number of phenolic OH excluding ortho intramolecular Hbond substituents is 1. The SMILES string of the molecule is C=C1CN(Cc2cc(C)cc(-n3nc4ccccc4n3)c2O)C(=O)N1C(C)(C)C. The van der Waals surface area contributed by atoms with Gasteiger partial charge in [0, 0.05) is 16.8 Å². The molecule has 7 heteroatoms. The Morgan fingerprint density at radius 1 is 1.14 bits per heavy atom. The van der Waals surface area contributed by atoms with Gasteiger partial charge in [-0.3, -0.25) is 4.90 Å². The average molecular weight is 391 g/mol. The molecule has 3 aromatic rings. The number of aromatic nitrogens is 3. The highest BCUT2D eigenvalue weighted by Gasteiger charge is 2.38. The number of amides is 2. The van der Waals surface area contributed by atoms with Gasteiger partial charge in [-0.25, -0.2) is 4.79 Å². The highest BCUT2D eigenvalue weighted by molar-refractivity contribution is 5.80. The predicted octanol–water partition coefficient (Wildman–Crippen LogP) is 3.98. The molecule has 2 heterocycles. The minimum atomic E-state index is -0.345. The fourth-order valence-electron chi connectivity index (χ4n) is 3.80. The van der Waals surface area contributed by atoms with Crippen molar-refractivity contribution in [2.45, 2.75) is 39.8 Å².